The van der Waals surface area contributed by atoms with Crippen molar-refractivity contribution in [1.29, 1.82) is 0 Å². The first-order valence-corrected chi connectivity index (χ1v) is 10.1. The minimum absolute atomic E-state index is 0.0254. The molecule has 1 N–H and O–H groups in total. The highest BCUT2D eigenvalue weighted by Gasteiger charge is 2.17. The van der Waals surface area contributed by atoms with E-state index in [4.69, 9.17) is 4.74 Å². The summed E-state index contributed by atoms with van der Waals surface area (Å²) in [4.78, 5) is 2.25. The highest BCUT2D eigenvalue weighted by atomic mass is 32.2. The van der Waals surface area contributed by atoms with Gasteiger partial charge < -0.3 is 9.64 Å². The maximum absolute atomic E-state index is 12.4. The molecule has 1 unspecified atom stereocenters. The number of morpholine rings is 1. The van der Waals surface area contributed by atoms with E-state index in [1.807, 2.05) is 55.5 Å². The van der Waals surface area contributed by atoms with Crippen molar-refractivity contribution in [1.82, 2.24) is 0 Å². The second-order valence-corrected chi connectivity index (χ2v) is 8.18. The van der Waals surface area contributed by atoms with Gasteiger partial charge >= 0.3 is 0 Å². The lowest BCUT2D eigenvalue weighted by Crippen LogP contribution is -2.41. The molecule has 134 valence electrons. The molecule has 0 spiro atoms. The van der Waals surface area contributed by atoms with Gasteiger partial charge in [-0.3, -0.25) is 4.72 Å². The average molecular weight is 360 g/mol. The molecule has 1 aliphatic heterocycles. The van der Waals surface area contributed by atoms with E-state index in [2.05, 4.69) is 16.5 Å². The van der Waals surface area contributed by atoms with Crippen LogP contribution in [-0.2, 0) is 20.5 Å². The molecule has 25 heavy (non-hydrogen) atoms. The van der Waals surface area contributed by atoms with Gasteiger partial charge in [0.15, 0.2) is 0 Å². The molecule has 0 bridgehead atoms. The molecule has 1 atom stereocenters. The Morgan fingerprint density at radius 1 is 1.16 bits per heavy atom. The number of hydrogen-bond acceptors (Lipinski definition) is 4. The molecular formula is C19H24N2O3S. The molecule has 5 nitrogen and oxygen atoms in total. The first-order chi connectivity index (χ1) is 11.9. The molecule has 0 aromatic heterocycles. The quantitative estimate of drug-likeness (QED) is 0.890. The standard InChI is InChI=1S/C19H24N2O3S/c1-15-5-3-4-6-17(15)14-25(22,23)20-18-7-9-19(10-8-18)21-11-12-24-16(2)13-21/h3-10,16,20H,11-14H2,1-2H3. The summed E-state index contributed by atoms with van der Waals surface area (Å²) in [7, 11) is -3.44. The van der Waals surface area contributed by atoms with Gasteiger partial charge in [-0.25, -0.2) is 8.42 Å². The second kappa shape index (κ2) is 7.45. The lowest BCUT2D eigenvalue weighted by atomic mass is 10.1. The molecule has 0 radical (unpaired) electrons. The number of aryl methyl sites for hydroxylation is 1. The number of ether oxygens (including phenoxy) is 1. The van der Waals surface area contributed by atoms with Crippen LogP contribution in [0.2, 0.25) is 0 Å². The maximum Gasteiger partial charge on any atom is 0.236 e. The normalized spacial score (nSPS) is 18.2. The fraction of sp³-hybridized carbons (Fsp3) is 0.368. The number of sulfonamides is 1. The number of nitrogens with one attached hydrogen (secondary N) is 1. The zero-order chi connectivity index (χ0) is 17.9. The van der Waals surface area contributed by atoms with Crippen molar-refractivity contribution in [3.8, 4) is 0 Å². The van der Waals surface area contributed by atoms with Crippen LogP contribution in [0.4, 0.5) is 11.4 Å². The van der Waals surface area contributed by atoms with Crippen molar-refractivity contribution in [3.05, 3.63) is 59.7 Å². The van der Waals surface area contributed by atoms with Gasteiger partial charge in [0.2, 0.25) is 10.0 Å². The zero-order valence-corrected chi connectivity index (χ0v) is 15.4. The van der Waals surface area contributed by atoms with Gasteiger partial charge in [0.1, 0.15) is 0 Å². The van der Waals surface area contributed by atoms with Crippen LogP contribution in [0, 0.1) is 6.92 Å². The van der Waals surface area contributed by atoms with Crippen molar-refractivity contribution in [3.63, 3.8) is 0 Å². The van der Waals surface area contributed by atoms with E-state index >= 15 is 0 Å². The van der Waals surface area contributed by atoms with Gasteiger partial charge in [-0.15, -0.1) is 0 Å². The Hall–Kier alpha value is -2.05. The first-order valence-electron chi connectivity index (χ1n) is 8.44. The highest BCUT2D eigenvalue weighted by molar-refractivity contribution is 7.91. The van der Waals surface area contributed by atoms with E-state index in [9.17, 15) is 8.42 Å². The largest absolute Gasteiger partial charge is 0.375 e. The Kier molecular flexibility index (Phi) is 5.30. The predicted molar refractivity (Wildman–Crippen MR) is 101 cm³/mol. The van der Waals surface area contributed by atoms with Crippen LogP contribution in [-0.4, -0.2) is 34.2 Å². The summed E-state index contributed by atoms with van der Waals surface area (Å²) < 4.78 is 33.0. The molecule has 1 aliphatic rings. The van der Waals surface area contributed by atoms with Crippen molar-refractivity contribution >= 4 is 21.4 Å². The number of nitrogens with zero attached hydrogens (tertiary/aromatic N) is 1. The Labute approximate surface area is 149 Å². The van der Waals surface area contributed by atoms with Gasteiger partial charge in [0.05, 0.1) is 18.5 Å². The smallest absolute Gasteiger partial charge is 0.236 e. The molecule has 1 fully saturated rings. The van der Waals surface area contributed by atoms with Gasteiger partial charge in [-0.05, 0) is 49.2 Å². The number of rotatable bonds is 5. The number of anilines is 2. The Balaban J connectivity index is 1.67. The van der Waals surface area contributed by atoms with Crippen LogP contribution >= 0.6 is 0 Å². The molecule has 0 amide bonds. The summed E-state index contributed by atoms with van der Waals surface area (Å²) >= 11 is 0. The lowest BCUT2D eigenvalue weighted by molar-refractivity contribution is 0.0532. The van der Waals surface area contributed by atoms with Gasteiger partial charge in [0.25, 0.3) is 0 Å². The van der Waals surface area contributed by atoms with Crippen molar-refractivity contribution in [2.45, 2.75) is 25.7 Å². The zero-order valence-electron chi connectivity index (χ0n) is 14.6. The number of hydrogen-bond donors (Lipinski definition) is 1. The van der Waals surface area contributed by atoms with E-state index in [0.29, 0.717) is 12.3 Å². The highest BCUT2D eigenvalue weighted by Crippen LogP contribution is 2.22. The minimum Gasteiger partial charge on any atom is -0.375 e. The van der Waals surface area contributed by atoms with E-state index in [1.165, 1.54) is 0 Å². The maximum atomic E-state index is 12.4. The third-order valence-corrected chi connectivity index (χ3v) is 5.59. The average Bonchev–Trinajstić information content (AvgIpc) is 2.57. The van der Waals surface area contributed by atoms with E-state index in [-0.39, 0.29) is 11.9 Å². The van der Waals surface area contributed by atoms with Crippen LogP contribution in [0.5, 0.6) is 0 Å². The molecule has 2 aromatic rings. The lowest BCUT2D eigenvalue weighted by Gasteiger charge is -2.33. The topological polar surface area (TPSA) is 58.6 Å². The van der Waals surface area contributed by atoms with Crippen molar-refractivity contribution < 1.29 is 13.2 Å². The SMILES string of the molecule is Cc1ccccc1CS(=O)(=O)Nc1ccc(N2CCOC(C)C2)cc1. The van der Waals surface area contributed by atoms with E-state index in [0.717, 1.165) is 29.9 Å². The summed E-state index contributed by atoms with van der Waals surface area (Å²) in [6.45, 7) is 6.39. The molecule has 3 rings (SSSR count). The van der Waals surface area contributed by atoms with Crippen molar-refractivity contribution in [2.24, 2.45) is 0 Å². The summed E-state index contributed by atoms with van der Waals surface area (Å²) in [6.07, 6.45) is 0.209. The van der Waals surface area contributed by atoms with Crippen LogP contribution < -0.4 is 9.62 Å². The van der Waals surface area contributed by atoms with Crippen molar-refractivity contribution in [2.75, 3.05) is 29.3 Å². The summed E-state index contributed by atoms with van der Waals surface area (Å²) in [5.41, 5.74) is 3.45. The number of benzene rings is 2. The molecular weight excluding hydrogens is 336 g/mol. The molecule has 0 aliphatic carbocycles. The third-order valence-electron chi connectivity index (χ3n) is 4.35. The Bertz CT molecular complexity index is 819. The summed E-state index contributed by atoms with van der Waals surface area (Å²) in [5.74, 6) is -0.0254. The Morgan fingerprint density at radius 3 is 2.56 bits per heavy atom. The van der Waals surface area contributed by atoms with Crippen LogP contribution in [0.3, 0.4) is 0 Å². The van der Waals surface area contributed by atoms with Gasteiger partial charge in [-0.1, -0.05) is 24.3 Å². The molecule has 6 heteroatoms. The van der Waals surface area contributed by atoms with Crippen LogP contribution in [0.15, 0.2) is 48.5 Å². The minimum atomic E-state index is -3.44. The fourth-order valence-corrected chi connectivity index (χ4v) is 4.29. The van der Waals surface area contributed by atoms with Gasteiger partial charge in [-0.2, -0.15) is 0 Å². The Morgan fingerprint density at radius 2 is 1.88 bits per heavy atom. The van der Waals surface area contributed by atoms with Crippen LogP contribution in [0.1, 0.15) is 18.1 Å². The van der Waals surface area contributed by atoms with E-state index in [1.54, 1.807) is 0 Å². The monoisotopic (exact) mass is 360 g/mol. The van der Waals surface area contributed by atoms with Gasteiger partial charge in [0, 0.05) is 24.5 Å². The fourth-order valence-electron chi connectivity index (χ4n) is 2.99. The summed E-state index contributed by atoms with van der Waals surface area (Å²) in [5, 5.41) is 0. The van der Waals surface area contributed by atoms with Crippen LogP contribution in [0.25, 0.3) is 0 Å². The second-order valence-electron chi connectivity index (χ2n) is 6.46. The molecule has 1 saturated heterocycles. The summed E-state index contributed by atoms with van der Waals surface area (Å²) in [6, 6.07) is 15.0. The molecule has 2 aromatic carbocycles. The third kappa shape index (κ3) is 4.74. The van der Waals surface area contributed by atoms with E-state index < -0.39 is 10.0 Å². The molecule has 0 saturated carbocycles. The predicted octanol–water partition coefficient (Wildman–Crippen LogP) is 3.16. The first kappa shape index (κ1) is 17.8. The molecule has 1 heterocycles.